The highest BCUT2D eigenvalue weighted by Gasteiger charge is 1.57. The Kier molecular flexibility index (Phi) is 19.6. The summed E-state index contributed by atoms with van der Waals surface area (Å²) in [4.78, 5) is 0. The van der Waals surface area contributed by atoms with Crippen molar-refractivity contribution >= 4 is 21.6 Å². The van der Waals surface area contributed by atoms with Gasteiger partial charge in [0.1, 0.15) is 0 Å². The lowest BCUT2D eigenvalue weighted by molar-refractivity contribution is 0.503. The van der Waals surface area contributed by atoms with E-state index in [9.17, 15) is 0 Å². The molecular weight excluding hydrogens is 202 g/mol. The second-order valence-corrected chi connectivity index (χ2v) is 4.25. The standard InChI is InChI=1S/C6H6.C2H6S2.CHNO/c1-2-4-6-5-3-1;1-3-4-2;2-1-3/h1-6H;1-2H3;3H. The molecule has 0 fully saturated rings. The number of aliphatic hydroxyl groups is 1. The van der Waals surface area contributed by atoms with Crippen molar-refractivity contribution in [2.45, 2.75) is 0 Å². The minimum absolute atomic E-state index is 0.750. The molecule has 1 aromatic rings. The van der Waals surface area contributed by atoms with Crippen LogP contribution < -0.4 is 0 Å². The third kappa shape index (κ3) is 24.7. The Hall–Kier alpha value is -0.790. The van der Waals surface area contributed by atoms with Crippen LogP contribution in [0.3, 0.4) is 0 Å². The summed E-state index contributed by atoms with van der Waals surface area (Å²) in [5, 5.41) is 13.8. The molecule has 72 valence electrons. The zero-order chi connectivity index (χ0) is 10.4. The molecule has 0 amide bonds. The van der Waals surface area contributed by atoms with E-state index in [-0.39, 0.29) is 0 Å². The van der Waals surface area contributed by atoms with Crippen LogP contribution in [0.25, 0.3) is 0 Å². The van der Waals surface area contributed by atoms with Crippen LogP contribution in [0, 0.1) is 11.5 Å². The molecule has 1 aromatic carbocycles. The van der Waals surface area contributed by atoms with Crippen LogP contribution in [0.4, 0.5) is 0 Å². The minimum Gasteiger partial charge on any atom is -0.443 e. The van der Waals surface area contributed by atoms with Crippen molar-refractivity contribution < 1.29 is 5.11 Å². The van der Waals surface area contributed by atoms with Gasteiger partial charge in [0.15, 0.2) is 0 Å². The summed E-state index contributed by atoms with van der Waals surface area (Å²) in [5.41, 5.74) is 0. The van der Waals surface area contributed by atoms with Crippen LogP contribution >= 0.6 is 21.6 Å². The van der Waals surface area contributed by atoms with Crippen LogP contribution in [0.5, 0.6) is 0 Å². The molecule has 2 nitrogen and oxygen atoms in total. The Morgan fingerprint density at radius 2 is 1.08 bits per heavy atom. The van der Waals surface area contributed by atoms with Crippen molar-refractivity contribution in [2.24, 2.45) is 0 Å². The quantitative estimate of drug-likeness (QED) is 0.577. The number of nitriles is 1. The van der Waals surface area contributed by atoms with Gasteiger partial charge in [0, 0.05) is 0 Å². The molecule has 0 saturated carbocycles. The molecule has 0 aliphatic rings. The van der Waals surface area contributed by atoms with Crippen molar-refractivity contribution in [1.29, 1.82) is 5.26 Å². The van der Waals surface area contributed by atoms with Crippen molar-refractivity contribution in [3.8, 4) is 6.26 Å². The summed E-state index contributed by atoms with van der Waals surface area (Å²) in [5.74, 6) is 0. The van der Waals surface area contributed by atoms with Crippen LogP contribution in [0.1, 0.15) is 0 Å². The lowest BCUT2D eigenvalue weighted by atomic mass is 10.4. The number of hydrogen-bond donors (Lipinski definition) is 1. The number of aliphatic hydroxyl groups excluding tert-OH is 1. The maximum absolute atomic E-state index is 6.88. The van der Waals surface area contributed by atoms with E-state index in [1.165, 1.54) is 0 Å². The van der Waals surface area contributed by atoms with Gasteiger partial charge >= 0.3 is 0 Å². The highest BCUT2D eigenvalue weighted by molar-refractivity contribution is 8.76. The predicted molar refractivity (Wildman–Crippen MR) is 61.0 cm³/mol. The van der Waals surface area contributed by atoms with Gasteiger partial charge in [0.25, 0.3) is 6.26 Å². The molecule has 0 unspecified atom stereocenters. The number of hydrogen-bond acceptors (Lipinski definition) is 4. The fraction of sp³-hybridized carbons (Fsp3) is 0.222. The van der Waals surface area contributed by atoms with E-state index in [0.29, 0.717) is 0 Å². The topological polar surface area (TPSA) is 44.0 Å². The largest absolute Gasteiger partial charge is 0.443 e. The summed E-state index contributed by atoms with van der Waals surface area (Å²) < 4.78 is 0. The SMILES string of the molecule is CSSC.N#CO.c1ccccc1. The molecule has 0 heterocycles. The Morgan fingerprint density at radius 3 is 1.15 bits per heavy atom. The molecule has 0 bridgehead atoms. The molecule has 0 atom stereocenters. The molecule has 1 rings (SSSR count). The summed E-state index contributed by atoms with van der Waals surface area (Å²) in [6, 6.07) is 12.0. The van der Waals surface area contributed by atoms with E-state index in [2.05, 4.69) is 12.5 Å². The van der Waals surface area contributed by atoms with Gasteiger partial charge in [-0.1, -0.05) is 58.0 Å². The third-order valence-corrected chi connectivity index (χ3v) is 2.17. The fourth-order valence-electron chi connectivity index (χ4n) is 0.385. The number of benzene rings is 1. The normalized spacial score (nSPS) is 6.54. The van der Waals surface area contributed by atoms with Gasteiger partial charge in [-0.2, -0.15) is 5.26 Å². The summed E-state index contributed by atoms with van der Waals surface area (Å²) in [6.45, 7) is 0. The van der Waals surface area contributed by atoms with E-state index >= 15 is 0 Å². The molecule has 13 heavy (non-hydrogen) atoms. The molecule has 4 heteroatoms. The van der Waals surface area contributed by atoms with E-state index in [4.69, 9.17) is 10.4 Å². The maximum atomic E-state index is 6.88. The van der Waals surface area contributed by atoms with Crippen LogP contribution in [-0.4, -0.2) is 17.6 Å². The Balaban J connectivity index is 0. The maximum Gasteiger partial charge on any atom is 0.283 e. The molecular formula is C9H13NOS2. The second kappa shape index (κ2) is 17.3. The molecule has 0 spiro atoms. The zero-order valence-corrected chi connectivity index (χ0v) is 9.31. The summed E-state index contributed by atoms with van der Waals surface area (Å²) >= 11 is 0. The van der Waals surface area contributed by atoms with E-state index in [1.54, 1.807) is 21.6 Å². The lowest BCUT2D eigenvalue weighted by Gasteiger charge is -1.69. The molecule has 0 aliphatic heterocycles. The molecule has 1 N–H and O–H groups in total. The fourth-order valence-corrected chi connectivity index (χ4v) is 0.385. The van der Waals surface area contributed by atoms with E-state index < -0.39 is 0 Å². The van der Waals surface area contributed by atoms with Crippen LogP contribution in [0.2, 0.25) is 0 Å². The van der Waals surface area contributed by atoms with Gasteiger partial charge in [-0.3, -0.25) is 0 Å². The van der Waals surface area contributed by atoms with Gasteiger partial charge in [0.05, 0.1) is 0 Å². The van der Waals surface area contributed by atoms with Crippen LogP contribution in [-0.2, 0) is 0 Å². The highest BCUT2D eigenvalue weighted by Crippen LogP contribution is 2.09. The number of rotatable bonds is 1. The average molecular weight is 215 g/mol. The number of nitrogens with zero attached hydrogens (tertiary/aromatic N) is 1. The second-order valence-electron chi connectivity index (χ2n) is 1.59. The van der Waals surface area contributed by atoms with Crippen molar-refractivity contribution in [1.82, 2.24) is 0 Å². The Bertz CT molecular complexity index is 170. The molecule has 0 saturated heterocycles. The van der Waals surface area contributed by atoms with Crippen molar-refractivity contribution in [2.75, 3.05) is 12.5 Å². The molecule has 0 aromatic heterocycles. The van der Waals surface area contributed by atoms with Gasteiger partial charge < -0.3 is 5.11 Å². The first-order chi connectivity index (χ1) is 6.33. The average Bonchev–Trinajstić information content (AvgIpc) is 2.22. The first-order valence-electron chi connectivity index (χ1n) is 3.43. The smallest absolute Gasteiger partial charge is 0.283 e. The van der Waals surface area contributed by atoms with Crippen molar-refractivity contribution in [3.63, 3.8) is 0 Å². The molecule has 0 radical (unpaired) electrons. The minimum atomic E-state index is 0.750. The van der Waals surface area contributed by atoms with Crippen LogP contribution in [0.15, 0.2) is 36.4 Å². The monoisotopic (exact) mass is 215 g/mol. The van der Waals surface area contributed by atoms with Gasteiger partial charge in [0.2, 0.25) is 0 Å². The summed E-state index contributed by atoms with van der Waals surface area (Å²) in [6.07, 6.45) is 4.87. The lowest BCUT2D eigenvalue weighted by Crippen LogP contribution is -1.47. The van der Waals surface area contributed by atoms with E-state index in [1.807, 2.05) is 36.4 Å². The zero-order valence-electron chi connectivity index (χ0n) is 7.68. The van der Waals surface area contributed by atoms with Crippen molar-refractivity contribution in [3.05, 3.63) is 36.4 Å². The molecule has 0 aliphatic carbocycles. The third-order valence-electron chi connectivity index (χ3n) is 0.833. The van der Waals surface area contributed by atoms with Gasteiger partial charge in [-0.15, -0.1) is 0 Å². The first kappa shape index (κ1) is 14.7. The Morgan fingerprint density at radius 1 is 0.923 bits per heavy atom. The predicted octanol–water partition coefficient (Wildman–Crippen LogP) is 3.15. The van der Waals surface area contributed by atoms with Gasteiger partial charge in [-0.05, 0) is 12.5 Å². The van der Waals surface area contributed by atoms with Gasteiger partial charge in [-0.25, -0.2) is 0 Å². The van der Waals surface area contributed by atoms with E-state index in [0.717, 1.165) is 6.26 Å². The Labute approximate surface area is 87.4 Å². The summed E-state index contributed by atoms with van der Waals surface area (Å²) in [7, 11) is 3.55. The first-order valence-corrected chi connectivity index (χ1v) is 6.40. The highest BCUT2D eigenvalue weighted by atomic mass is 33.1.